The van der Waals surface area contributed by atoms with Gasteiger partial charge in [0.2, 0.25) is 10.0 Å². The highest BCUT2D eigenvalue weighted by atomic mass is 35.5. The molecule has 0 bridgehead atoms. The van der Waals surface area contributed by atoms with E-state index in [0.29, 0.717) is 31.9 Å². The molecule has 1 saturated heterocycles. The highest BCUT2D eigenvalue weighted by Gasteiger charge is 2.28. The second kappa shape index (κ2) is 8.22. The normalized spacial score (nSPS) is 15.4. The number of anilines is 1. The summed E-state index contributed by atoms with van der Waals surface area (Å²) in [7, 11) is -3.68. The van der Waals surface area contributed by atoms with Crippen molar-refractivity contribution in [3.05, 3.63) is 52.7 Å². The average Bonchev–Trinajstić information content (AvgIpc) is 2.69. The topological polar surface area (TPSA) is 115 Å². The summed E-state index contributed by atoms with van der Waals surface area (Å²) in [6.45, 7) is 1.34. The van der Waals surface area contributed by atoms with Gasteiger partial charge in [-0.2, -0.15) is 4.31 Å². The Hall–Kier alpha value is -2.20. The molecule has 10 heteroatoms. The van der Waals surface area contributed by atoms with E-state index in [-0.39, 0.29) is 27.8 Å². The summed E-state index contributed by atoms with van der Waals surface area (Å²) in [5.74, 6) is -0.438. The van der Waals surface area contributed by atoms with Crippen molar-refractivity contribution < 1.29 is 17.9 Å². The number of carbonyl (C=O) groups is 1. The number of ether oxygens (including phenoxy) is 1. The second-order valence-corrected chi connectivity index (χ2v) is 8.24. The van der Waals surface area contributed by atoms with Gasteiger partial charge in [0.25, 0.3) is 5.91 Å². The van der Waals surface area contributed by atoms with E-state index in [2.05, 4.69) is 10.3 Å². The minimum absolute atomic E-state index is 0.0184. The zero-order valence-electron chi connectivity index (χ0n) is 14.4. The maximum Gasteiger partial charge on any atom is 0.255 e. The van der Waals surface area contributed by atoms with Gasteiger partial charge >= 0.3 is 0 Å². The van der Waals surface area contributed by atoms with Gasteiger partial charge in [-0.05, 0) is 17.7 Å². The van der Waals surface area contributed by atoms with Crippen molar-refractivity contribution in [3.63, 3.8) is 0 Å². The van der Waals surface area contributed by atoms with Crippen LogP contribution in [0.4, 0.5) is 5.82 Å². The molecule has 1 fully saturated rings. The van der Waals surface area contributed by atoms with E-state index in [4.69, 9.17) is 22.1 Å². The minimum atomic E-state index is -3.68. The monoisotopic (exact) mass is 410 g/mol. The zero-order chi connectivity index (χ0) is 19.4. The van der Waals surface area contributed by atoms with E-state index >= 15 is 0 Å². The third-order valence-electron chi connectivity index (χ3n) is 4.13. The van der Waals surface area contributed by atoms with Gasteiger partial charge in [0.15, 0.2) is 0 Å². The van der Waals surface area contributed by atoms with Crippen molar-refractivity contribution >= 4 is 33.3 Å². The highest BCUT2D eigenvalue weighted by Crippen LogP contribution is 2.21. The third kappa shape index (κ3) is 4.38. The number of morpholine rings is 1. The lowest BCUT2D eigenvalue weighted by Gasteiger charge is -2.27. The SMILES string of the molecule is Nc1ncc(Cl)cc1C(=O)NCc1ccccc1S(=O)(=O)N1CCOCC1. The second-order valence-electron chi connectivity index (χ2n) is 5.89. The first kappa shape index (κ1) is 19.6. The van der Waals surface area contributed by atoms with Crippen LogP contribution in [0, 0.1) is 0 Å². The fraction of sp³-hybridized carbons (Fsp3) is 0.294. The Balaban J connectivity index is 1.80. The number of pyridine rings is 1. The summed E-state index contributed by atoms with van der Waals surface area (Å²) in [5, 5.41) is 2.96. The van der Waals surface area contributed by atoms with Crippen LogP contribution in [0.25, 0.3) is 0 Å². The Labute approximate surface area is 162 Å². The molecular formula is C17H19ClN4O4S. The fourth-order valence-corrected chi connectivity index (χ4v) is 4.52. The van der Waals surface area contributed by atoms with Gasteiger partial charge in [-0.15, -0.1) is 0 Å². The summed E-state index contributed by atoms with van der Waals surface area (Å²) >= 11 is 5.86. The number of hydrogen-bond acceptors (Lipinski definition) is 6. The lowest BCUT2D eigenvalue weighted by molar-refractivity contribution is 0.0730. The van der Waals surface area contributed by atoms with Crippen LogP contribution in [0.2, 0.25) is 5.02 Å². The number of carbonyl (C=O) groups excluding carboxylic acids is 1. The van der Waals surface area contributed by atoms with Crippen LogP contribution in [0.5, 0.6) is 0 Å². The molecule has 0 unspecified atom stereocenters. The van der Waals surface area contributed by atoms with Crippen LogP contribution in [0.1, 0.15) is 15.9 Å². The smallest absolute Gasteiger partial charge is 0.255 e. The molecule has 0 radical (unpaired) electrons. The Morgan fingerprint density at radius 1 is 1.30 bits per heavy atom. The quantitative estimate of drug-likeness (QED) is 0.767. The van der Waals surface area contributed by atoms with E-state index in [0.717, 1.165) is 0 Å². The Kier molecular flexibility index (Phi) is 5.95. The lowest BCUT2D eigenvalue weighted by atomic mass is 10.2. The van der Waals surface area contributed by atoms with Gasteiger partial charge in [-0.3, -0.25) is 4.79 Å². The van der Waals surface area contributed by atoms with Gasteiger partial charge < -0.3 is 15.8 Å². The number of amides is 1. The molecule has 0 spiro atoms. The molecule has 1 amide bonds. The van der Waals surface area contributed by atoms with Gasteiger partial charge in [0.1, 0.15) is 5.82 Å². The van der Waals surface area contributed by atoms with E-state index in [1.807, 2.05) is 0 Å². The number of hydrogen-bond donors (Lipinski definition) is 2. The first-order valence-electron chi connectivity index (χ1n) is 8.24. The summed E-state index contributed by atoms with van der Waals surface area (Å²) in [4.78, 5) is 16.4. The maximum absolute atomic E-state index is 12.9. The Morgan fingerprint density at radius 3 is 2.74 bits per heavy atom. The van der Waals surface area contributed by atoms with E-state index < -0.39 is 15.9 Å². The Morgan fingerprint density at radius 2 is 2.00 bits per heavy atom. The molecule has 2 heterocycles. The molecule has 3 rings (SSSR count). The fourth-order valence-electron chi connectivity index (χ4n) is 2.73. The van der Waals surface area contributed by atoms with E-state index in [1.165, 1.54) is 22.6 Å². The van der Waals surface area contributed by atoms with Crippen molar-refractivity contribution in [3.8, 4) is 0 Å². The van der Waals surface area contributed by atoms with Crippen molar-refractivity contribution in [2.45, 2.75) is 11.4 Å². The van der Waals surface area contributed by atoms with Crippen LogP contribution in [0.3, 0.4) is 0 Å². The standard InChI is InChI=1S/C17H19ClN4O4S/c18-13-9-14(16(19)20-11-13)17(23)21-10-12-3-1-2-4-15(12)27(24,25)22-5-7-26-8-6-22/h1-4,9,11H,5-8,10H2,(H2,19,20)(H,21,23). The van der Waals surface area contributed by atoms with Crippen molar-refractivity contribution in [2.24, 2.45) is 0 Å². The summed E-state index contributed by atoms with van der Waals surface area (Å²) in [5.41, 5.74) is 6.32. The van der Waals surface area contributed by atoms with Crippen LogP contribution in [-0.4, -0.2) is 49.9 Å². The molecule has 1 aromatic heterocycles. The van der Waals surface area contributed by atoms with Crippen molar-refractivity contribution in [1.82, 2.24) is 14.6 Å². The Bertz CT molecular complexity index is 946. The summed E-state index contributed by atoms with van der Waals surface area (Å²) in [6.07, 6.45) is 1.35. The van der Waals surface area contributed by atoms with Crippen LogP contribution >= 0.6 is 11.6 Å². The number of aromatic nitrogens is 1. The van der Waals surface area contributed by atoms with Crippen molar-refractivity contribution in [1.29, 1.82) is 0 Å². The average molecular weight is 411 g/mol. The van der Waals surface area contributed by atoms with Crippen LogP contribution < -0.4 is 11.1 Å². The summed E-state index contributed by atoms with van der Waals surface area (Å²) in [6, 6.07) is 7.97. The predicted molar refractivity (Wildman–Crippen MR) is 101 cm³/mol. The molecule has 1 aromatic carbocycles. The van der Waals surface area contributed by atoms with E-state index in [1.54, 1.807) is 18.2 Å². The molecule has 1 aliphatic heterocycles. The molecule has 27 heavy (non-hydrogen) atoms. The molecule has 2 aromatic rings. The number of nitrogen functional groups attached to an aromatic ring is 1. The molecule has 3 N–H and O–H groups in total. The number of rotatable bonds is 5. The zero-order valence-corrected chi connectivity index (χ0v) is 16.0. The number of nitrogens with zero attached hydrogens (tertiary/aromatic N) is 2. The number of sulfonamides is 1. The van der Waals surface area contributed by atoms with Crippen LogP contribution in [0.15, 0.2) is 41.4 Å². The largest absolute Gasteiger partial charge is 0.383 e. The molecule has 0 saturated carbocycles. The molecule has 8 nitrogen and oxygen atoms in total. The molecule has 144 valence electrons. The number of halogens is 1. The molecule has 0 atom stereocenters. The van der Waals surface area contributed by atoms with E-state index in [9.17, 15) is 13.2 Å². The highest BCUT2D eigenvalue weighted by molar-refractivity contribution is 7.89. The van der Waals surface area contributed by atoms with Gasteiger partial charge in [0.05, 0.1) is 28.7 Å². The number of nitrogens with two attached hydrogens (primary N) is 1. The first-order chi connectivity index (χ1) is 12.9. The number of nitrogens with one attached hydrogen (secondary N) is 1. The van der Waals surface area contributed by atoms with Gasteiger partial charge in [0, 0.05) is 25.8 Å². The number of benzene rings is 1. The molecular weight excluding hydrogens is 392 g/mol. The minimum Gasteiger partial charge on any atom is -0.383 e. The van der Waals surface area contributed by atoms with Crippen molar-refractivity contribution in [2.75, 3.05) is 32.0 Å². The van der Waals surface area contributed by atoms with Gasteiger partial charge in [-0.1, -0.05) is 29.8 Å². The molecule has 0 aliphatic carbocycles. The van der Waals surface area contributed by atoms with Crippen LogP contribution in [-0.2, 0) is 21.3 Å². The third-order valence-corrected chi connectivity index (χ3v) is 6.34. The lowest BCUT2D eigenvalue weighted by Crippen LogP contribution is -2.41. The predicted octanol–water partition coefficient (Wildman–Crippen LogP) is 1.27. The maximum atomic E-state index is 12.9. The summed E-state index contributed by atoms with van der Waals surface area (Å²) < 4.78 is 32.5. The first-order valence-corrected chi connectivity index (χ1v) is 10.1. The molecule has 1 aliphatic rings. The van der Waals surface area contributed by atoms with Gasteiger partial charge in [-0.25, -0.2) is 13.4 Å².